The molecule has 2 aromatic heterocycles. The highest BCUT2D eigenvalue weighted by atomic mass is 35.5. The number of unbranched alkanes of at least 4 members (excludes halogenated alkanes) is 2. The molecule has 1 unspecified atom stereocenters. The Labute approximate surface area is 176 Å². The molecule has 0 aliphatic carbocycles. The molecule has 0 aliphatic rings. The number of aromatic amines is 1. The zero-order valence-electron chi connectivity index (χ0n) is 17.4. The molecule has 0 radical (unpaired) electrons. The summed E-state index contributed by atoms with van der Waals surface area (Å²) in [5, 5.41) is 0.642. The molecule has 0 aliphatic heterocycles. The molecule has 1 N–H and O–H groups in total. The Morgan fingerprint density at radius 3 is 2.76 bits per heavy atom. The lowest BCUT2D eigenvalue weighted by Crippen LogP contribution is -2.15. The predicted molar refractivity (Wildman–Crippen MR) is 117 cm³/mol. The molecule has 6 nitrogen and oxygen atoms in total. The summed E-state index contributed by atoms with van der Waals surface area (Å²) >= 11 is 6.01. The van der Waals surface area contributed by atoms with Gasteiger partial charge >= 0.3 is 0 Å². The number of nitrogens with zero attached hydrogens (tertiary/aromatic N) is 3. The average Bonchev–Trinajstić information content (AvgIpc) is 3.06. The minimum absolute atomic E-state index is 0.175. The van der Waals surface area contributed by atoms with Crippen molar-refractivity contribution in [2.24, 2.45) is 0 Å². The zero-order chi connectivity index (χ0) is 20.8. The Bertz CT molecular complexity index is 1010. The van der Waals surface area contributed by atoms with Crippen molar-refractivity contribution in [3.05, 3.63) is 51.0 Å². The van der Waals surface area contributed by atoms with Crippen LogP contribution in [0.3, 0.4) is 0 Å². The summed E-state index contributed by atoms with van der Waals surface area (Å²) in [7, 11) is 0. The van der Waals surface area contributed by atoms with E-state index in [0.717, 1.165) is 37.2 Å². The van der Waals surface area contributed by atoms with E-state index in [0.29, 0.717) is 16.2 Å². The minimum atomic E-state index is -0.218. The molecule has 1 atom stereocenters. The van der Waals surface area contributed by atoms with Gasteiger partial charge in [0.1, 0.15) is 12.4 Å². The smallest absolute Gasteiger partial charge is 0.298 e. The van der Waals surface area contributed by atoms with Gasteiger partial charge in [-0.2, -0.15) is 4.98 Å². The van der Waals surface area contributed by atoms with Crippen molar-refractivity contribution in [3.8, 4) is 6.01 Å². The van der Waals surface area contributed by atoms with Crippen molar-refractivity contribution in [1.82, 2.24) is 19.5 Å². The quantitative estimate of drug-likeness (QED) is 0.446. The largest absolute Gasteiger partial charge is 0.460 e. The van der Waals surface area contributed by atoms with Crippen molar-refractivity contribution in [2.45, 2.75) is 71.9 Å². The first kappa shape index (κ1) is 21.4. The summed E-state index contributed by atoms with van der Waals surface area (Å²) in [6.45, 7) is 7.49. The van der Waals surface area contributed by atoms with Gasteiger partial charge in [-0.05, 0) is 30.5 Å². The van der Waals surface area contributed by atoms with Gasteiger partial charge in [0.2, 0.25) is 0 Å². The SMILES string of the molecule is CCCCCC(C)c1nc2nc(OCc3cccc(Cl)c3)[nH]c(=O)c2n1CCC. The summed E-state index contributed by atoms with van der Waals surface area (Å²) in [5.74, 6) is 1.21. The molecular formula is C22H29ClN4O2. The maximum absolute atomic E-state index is 12.8. The van der Waals surface area contributed by atoms with Crippen LogP contribution in [0, 0.1) is 0 Å². The summed E-state index contributed by atoms with van der Waals surface area (Å²) in [6.07, 6.45) is 5.53. The van der Waals surface area contributed by atoms with Crippen molar-refractivity contribution >= 4 is 22.8 Å². The number of benzene rings is 1. The number of hydrogen-bond donors (Lipinski definition) is 1. The molecule has 3 aromatic rings. The first-order valence-corrected chi connectivity index (χ1v) is 10.8. The molecule has 3 rings (SSSR count). The third-order valence-electron chi connectivity index (χ3n) is 5.01. The number of halogens is 1. The Balaban J connectivity index is 1.89. The van der Waals surface area contributed by atoms with Crippen LogP contribution in [0.15, 0.2) is 29.1 Å². The van der Waals surface area contributed by atoms with Crippen molar-refractivity contribution in [2.75, 3.05) is 0 Å². The van der Waals surface area contributed by atoms with Gasteiger partial charge < -0.3 is 9.30 Å². The third kappa shape index (κ3) is 5.18. The lowest BCUT2D eigenvalue weighted by atomic mass is 10.0. The first-order valence-electron chi connectivity index (χ1n) is 10.4. The number of imidazole rings is 1. The second kappa shape index (κ2) is 9.92. The monoisotopic (exact) mass is 416 g/mol. The topological polar surface area (TPSA) is 72.8 Å². The van der Waals surface area contributed by atoms with Gasteiger partial charge in [-0.15, -0.1) is 0 Å². The van der Waals surface area contributed by atoms with Gasteiger partial charge in [0.05, 0.1) is 0 Å². The van der Waals surface area contributed by atoms with Gasteiger partial charge in [-0.1, -0.05) is 63.8 Å². The zero-order valence-corrected chi connectivity index (χ0v) is 18.1. The molecule has 2 heterocycles. The average molecular weight is 417 g/mol. The van der Waals surface area contributed by atoms with Crippen molar-refractivity contribution in [1.29, 1.82) is 0 Å². The van der Waals surface area contributed by atoms with Gasteiger partial charge in [0.15, 0.2) is 11.2 Å². The maximum atomic E-state index is 12.8. The fourth-order valence-corrected chi connectivity index (χ4v) is 3.76. The summed E-state index contributed by atoms with van der Waals surface area (Å²) in [6, 6.07) is 7.58. The highest BCUT2D eigenvalue weighted by molar-refractivity contribution is 6.30. The fraction of sp³-hybridized carbons (Fsp3) is 0.500. The maximum Gasteiger partial charge on any atom is 0.298 e. The van der Waals surface area contributed by atoms with Crippen molar-refractivity contribution in [3.63, 3.8) is 0 Å². The van der Waals surface area contributed by atoms with Gasteiger partial charge in [0, 0.05) is 17.5 Å². The van der Waals surface area contributed by atoms with E-state index >= 15 is 0 Å². The van der Waals surface area contributed by atoms with Crippen LogP contribution in [0.1, 0.15) is 70.2 Å². The number of H-pyrrole nitrogens is 1. The summed E-state index contributed by atoms with van der Waals surface area (Å²) in [5.41, 5.74) is 1.66. The molecule has 0 amide bonds. The van der Waals surface area contributed by atoms with Crippen LogP contribution >= 0.6 is 11.6 Å². The van der Waals surface area contributed by atoms with E-state index < -0.39 is 0 Å². The minimum Gasteiger partial charge on any atom is -0.460 e. The predicted octanol–water partition coefficient (Wildman–Crippen LogP) is 5.45. The van der Waals surface area contributed by atoms with Crippen molar-refractivity contribution < 1.29 is 4.74 Å². The van der Waals surface area contributed by atoms with Gasteiger partial charge in [0.25, 0.3) is 11.6 Å². The number of nitrogens with one attached hydrogen (secondary N) is 1. The highest BCUT2D eigenvalue weighted by Crippen LogP contribution is 2.25. The molecule has 0 spiro atoms. The Morgan fingerprint density at radius 2 is 2.03 bits per heavy atom. The number of fused-ring (bicyclic) bond motifs is 1. The molecule has 29 heavy (non-hydrogen) atoms. The van der Waals surface area contributed by atoms with Crippen LogP contribution in [0.25, 0.3) is 11.2 Å². The Morgan fingerprint density at radius 1 is 1.21 bits per heavy atom. The van der Waals surface area contributed by atoms with Gasteiger partial charge in [-0.25, -0.2) is 4.98 Å². The number of ether oxygens (including phenoxy) is 1. The molecule has 0 fully saturated rings. The standard InChI is InChI=1S/C22H29ClN4O2/c1-4-6-7-9-15(3)20-24-19-18(27(20)12-5-2)21(28)26-22(25-19)29-14-16-10-8-11-17(23)13-16/h8,10-11,13,15H,4-7,9,12,14H2,1-3H3,(H,25,26,28). The molecule has 156 valence electrons. The van der Waals surface area contributed by atoms with E-state index in [1.807, 2.05) is 22.8 Å². The van der Waals surface area contributed by atoms with Gasteiger partial charge in [-0.3, -0.25) is 9.78 Å². The molecular weight excluding hydrogens is 388 g/mol. The van der Waals surface area contributed by atoms with E-state index in [9.17, 15) is 4.79 Å². The molecule has 1 aromatic carbocycles. The first-order chi connectivity index (χ1) is 14.0. The van der Waals surface area contributed by atoms with Crippen LogP contribution in [-0.4, -0.2) is 19.5 Å². The second-order valence-corrected chi connectivity index (χ2v) is 7.92. The van der Waals surface area contributed by atoms with E-state index in [4.69, 9.17) is 21.3 Å². The second-order valence-electron chi connectivity index (χ2n) is 7.48. The molecule has 7 heteroatoms. The van der Waals surface area contributed by atoms with Crippen LogP contribution in [0.4, 0.5) is 0 Å². The Kier molecular flexibility index (Phi) is 7.31. The Hall–Kier alpha value is -2.34. The van der Waals surface area contributed by atoms with E-state index in [-0.39, 0.29) is 24.1 Å². The number of hydrogen-bond acceptors (Lipinski definition) is 4. The van der Waals surface area contributed by atoms with E-state index in [1.165, 1.54) is 12.8 Å². The summed E-state index contributed by atoms with van der Waals surface area (Å²) < 4.78 is 7.74. The van der Waals surface area contributed by atoms with Crippen LogP contribution in [0.5, 0.6) is 6.01 Å². The summed E-state index contributed by atoms with van der Waals surface area (Å²) in [4.78, 5) is 24.8. The molecule has 0 saturated heterocycles. The number of aromatic nitrogens is 4. The normalized spacial score (nSPS) is 12.4. The van der Waals surface area contributed by atoms with Crippen LogP contribution < -0.4 is 10.3 Å². The number of rotatable bonds is 10. The molecule has 0 saturated carbocycles. The lowest BCUT2D eigenvalue weighted by molar-refractivity contribution is 0.281. The van der Waals surface area contributed by atoms with E-state index in [2.05, 4.69) is 30.7 Å². The van der Waals surface area contributed by atoms with E-state index in [1.54, 1.807) is 6.07 Å². The highest BCUT2D eigenvalue weighted by Gasteiger charge is 2.20. The fourth-order valence-electron chi connectivity index (χ4n) is 3.54. The van der Waals surface area contributed by atoms with Crippen LogP contribution in [-0.2, 0) is 13.2 Å². The molecule has 0 bridgehead atoms. The van der Waals surface area contributed by atoms with Crippen LogP contribution in [0.2, 0.25) is 5.02 Å². The lowest BCUT2D eigenvalue weighted by Gasteiger charge is -2.13. The number of aryl methyl sites for hydroxylation is 1. The third-order valence-corrected chi connectivity index (χ3v) is 5.25.